The number of nitrogens with two attached hydrogens (primary N) is 1. The first-order valence-electron chi connectivity index (χ1n) is 5.37. The zero-order valence-corrected chi connectivity index (χ0v) is 9.85. The SMILES string of the molecule is Cc1cccc(N)c1SC1CCOCC1. The van der Waals surface area contributed by atoms with Crippen molar-refractivity contribution in [2.45, 2.75) is 29.9 Å². The summed E-state index contributed by atoms with van der Waals surface area (Å²) in [5.74, 6) is 0. The van der Waals surface area contributed by atoms with E-state index in [-0.39, 0.29) is 0 Å². The van der Waals surface area contributed by atoms with Crippen LogP contribution in [0.15, 0.2) is 23.1 Å². The number of benzene rings is 1. The van der Waals surface area contributed by atoms with Crippen LogP contribution in [0.1, 0.15) is 18.4 Å². The Morgan fingerprint density at radius 2 is 2.07 bits per heavy atom. The smallest absolute Gasteiger partial charge is 0.0476 e. The molecule has 0 aromatic heterocycles. The molecule has 2 nitrogen and oxygen atoms in total. The Bertz CT molecular complexity index is 314. The summed E-state index contributed by atoms with van der Waals surface area (Å²) >= 11 is 1.91. The van der Waals surface area contributed by atoms with Crippen LogP contribution < -0.4 is 5.73 Å². The van der Waals surface area contributed by atoms with Crippen molar-refractivity contribution in [1.82, 2.24) is 0 Å². The van der Waals surface area contributed by atoms with Gasteiger partial charge in [-0.05, 0) is 31.4 Å². The maximum Gasteiger partial charge on any atom is 0.0476 e. The lowest BCUT2D eigenvalue weighted by Crippen LogP contribution is -2.17. The highest BCUT2D eigenvalue weighted by atomic mass is 32.2. The lowest BCUT2D eigenvalue weighted by molar-refractivity contribution is 0.100. The molecule has 0 aliphatic carbocycles. The van der Waals surface area contributed by atoms with Gasteiger partial charge in [0, 0.05) is 29.0 Å². The summed E-state index contributed by atoms with van der Waals surface area (Å²) in [5, 5.41) is 0.669. The third-order valence-electron chi connectivity index (χ3n) is 2.70. The van der Waals surface area contributed by atoms with Gasteiger partial charge in [0.05, 0.1) is 0 Å². The molecule has 1 aliphatic rings. The Labute approximate surface area is 95.2 Å². The van der Waals surface area contributed by atoms with Gasteiger partial charge in [-0.1, -0.05) is 12.1 Å². The van der Waals surface area contributed by atoms with E-state index in [0.717, 1.165) is 31.7 Å². The molecule has 0 bridgehead atoms. The van der Waals surface area contributed by atoms with E-state index in [1.54, 1.807) is 0 Å². The number of aryl methyl sites for hydroxylation is 1. The average molecular weight is 223 g/mol. The van der Waals surface area contributed by atoms with Gasteiger partial charge in [-0.3, -0.25) is 0 Å². The normalized spacial score (nSPS) is 17.9. The Kier molecular flexibility index (Phi) is 3.54. The summed E-state index contributed by atoms with van der Waals surface area (Å²) in [6.45, 7) is 3.91. The van der Waals surface area contributed by atoms with Gasteiger partial charge in [-0.15, -0.1) is 11.8 Å². The lowest BCUT2D eigenvalue weighted by atomic mass is 10.2. The van der Waals surface area contributed by atoms with E-state index in [4.69, 9.17) is 10.5 Å². The van der Waals surface area contributed by atoms with Gasteiger partial charge in [-0.25, -0.2) is 0 Å². The third kappa shape index (κ3) is 2.67. The van der Waals surface area contributed by atoms with E-state index < -0.39 is 0 Å². The maximum atomic E-state index is 5.99. The molecule has 2 N–H and O–H groups in total. The van der Waals surface area contributed by atoms with Gasteiger partial charge < -0.3 is 10.5 Å². The number of anilines is 1. The second kappa shape index (κ2) is 4.90. The number of ether oxygens (including phenoxy) is 1. The summed E-state index contributed by atoms with van der Waals surface area (Å²) in [4.78, 5) is 1.25. The number of hydrogen-bond acceptors (Lipinski definition) is 3. The molecule has 0 radical (unpaired) electrons. The van der Waals surface area contributed by atoms with Crippen molar-refractivity contribution in [3.05, 3.63) is 23.8 Å². The molecule has 15 heavy (non-hydrogen) atoms. The lowest BCUT2D eigenvalue weighted by Gasteiger charge is -2.22. The Morgan fingerprint density at radius 1 is 1.33 bits per heavy atom. The van der Waals surface area contributed by atoms with E-state index >= 15 is 0 Å². The number of rotatable bonds is 2. The third-order valence-corrected chi connectivity index (χ3v) is 4.29. The molecule has 1 fully saturated rings. The molecule has 3 heteroatoms. The van der Waals surface area contributed by atoms with Crippen LogP contribution in [-0.2, 0) is 4.74 Å². The predicted molar refractivity (Wildman–Crippen MR) is 65.3 cm³/mol. The van der Waals surface area contributed by atoms with E-state index in [0.29, 0.717) is 5.25 Å². The number of thioether (sulfide) groups is 1. The Hall–Kier alpha value is -0.670. The van der Waals surface area contributed by atoms with Crippen LogP contribution in [0.5, 0.6) is 0 Å². The highest BCUT2D eigenvalue weighted by molar-refractivity contribution is 8.00. The molecular formula is C12H17NOS. The van der Waals surface area contributed by atoms with Crippen LogP contribution in [0, 0.1) is 6.92 Å². The van der Waals surface area contributed by atoms with Crippen LogP contribution in [0.4, 0.5) is 5.69 Å². The van der Waals surface area contributed by atoms with E-state index in [1.807, 2.05) is 23.9 Å². The fourth-order valence-corrected chi connectivity index (χ4v) is 3.02. The van der Waals surface area contributed by atoms with Gasteiger partial charge >= 0.3 is 0 Å². The van der Waals surface area contributed by atoms with Crippen molar-refractivity contribution >= 4 is 17.4 Å². The second-order valence-corrected chi connectivity index (χ2v) is 5.23. The molecule has 82 valence electrons. The minimum Gasteiger partial charge on any atom is -0.398 e. The van der Waals surface area contributed by atoms with Crippen molar-refractivity contribution in [2.24, 2.45) is 0 Å². The zero-order chi connectivity index (χ0) is 10.7. The van der Waals surface area contributed by atoms with E-state index in [2.05, 4.69) is 13.0 Å². The summed E-state index contributed by atoms with van der Waals surface area (Å²) in [7, 11) is 0. The largest absolute Gasteiger partial charge is 0.398 e. The first-order valence-corrected chi connectivity index (χ1v) is 6.25. The topological polar surface area (TPSA) is 35.2 Å². The summed E-state index contributed by atoms with van der Waals surface area (Å²) < 4.78 is 5.35. The van der Waals surface area contributed by atoms with Crippen LogP contribution in [0.25, 0.3) is 0 Å². The predicted octanol–water partition coefficient (Wildman–Crippen LogP) is 2.85. The quantitative estimate of drug-likeness (QED) is 0.783. The van der Waals surface area contributed by atoms with Crippen LogP contribution in [0.2, 0.25) is 0 Å². The van der Waals surface area contributed by atoms with E-state index in [9.17, 15) is 0 Å². The molecule has 0 unspecified atom stereocenters. The van der Waals surface area contributed by atoms with Crippen LogP contribution in [-0.4, -0.2) is 18.5 Å². The molecule has 2 rings (SSSR count). The first kappa shape index (κ1) is 10.8. The van der Waals surface area contributed by atoms with Crippen molar-refractivity contribution in [3.8, 4) is 0 Å². The maximum absolute atomic E-state index is 5.99. The van der Waals surface area contributed by atoms with Crippen LogP contribution in [0.3, 0.4) is 0 Å². The molecule has 1 aliphatic heterocycles. The highest BCUT2D eigenvalue weighted by Crippen LogP contribution is 2.35. The fourth-order valence-electron chi connectivity index (χ4n) is 1.80. The standard InChI is InChI=1S/C12H17NOS/c1-9-3-2-4-11(13)12(9)15-10-5-7-14-8-6-10/h2-4,10H,5-8,13H2,1H3. The Morgan fingerprint density at radius 3 is 2.73 bits per heavy atom. The molecule has 0 amide bonds. The minimum absolute atomic E-state index is 0.669. The molecule has 0 saturated carbocycles. The summed E-state index contributed by atoms with van der Waals surface area (Å²) in [5.41, 5.74) is 8.18. The summed E-state index contributed by atoms with van der Waals surface area (Å²) in [6.07, 6.45) is 2.27. The fraction of sp³-hybridized carbons (Fsp3) is 0.500. The molecule has 0 atom stereocenters. The van der Waals surface area contributed by atoms with Crippen molar-refractivity contribution < 1.29 is 4.74 Å². The van der Waals surface area contributed by atoms with Gasteiger partial charge in [0.1, 0.15) is 0 Å². The zero-order valence-electron chi connectivity index (χ0n) is 9.03. The van der Waals surface area contributed by atoms with Crippen molar-refractivity contribution in [2.75, 3.05) is 18.9 Å². The molecule has 1 heterocycles. The number of nitrogen functional groups attached to an aromatic ring is 1. The first-order chi connectivity index (χ1) is 7.27. The van der Waals surface area contributed by atoms with Gasteiger partial charge in [0.25, 0.3) is 0 Å². The van der Waals surface area contributed by atoms with Gasteiger partial charge in [0.15, 0.2) is 0 Å². The van der Waals surface area contributed by atoms with E-state index in [1.165, 1.54) is 10.5 Å². The molecular weight excluding hydrogens is 206 g/mol. The van der Waals surface area contributed by atoms with Crippen molar-refractivity contribution in [3.63, 3.8) is 0 Å². The average Bonchev–Trinajstić information content (AvgIpc) is 2.25. The monoisotopic (exact) mass is 223 g/mol. The van der Waals surface area contributed by atoms with Crippen molar-refractivity contribution in [1.29, 1.82) is 0 Å². The number of hydrogen-bond donors (Lipinski definition) is 1. The molecule has 1 aromatic carbocycles. The Balaban J connectivity index is 2.09. The minimum atomic E-state index is 0.669. The van der Waals surface area contributed by atoms with Gasteiger partial charge in [0.2, 0.25) is 0 Å². The highest BCUT2D eigenvalue weighted by Gasteiger charge is 2.16. The molecule has 0 spiro atoms. The molecule has 1 saturated heterocycles. The molecule has 1 aromatic rings. The van der Waals surface area contributed by atoms with Crippen LogP contribution >= 0.6 is 11.8 Å². The summed E-state index contributed by atoms with van der Waals surface area (Å²) in [6, 6.07) is 6.12. The second-order valence-electron chi connectivity index (χ2n) is 3.92. The van der Waals surface area contributed by atoms with Gasteiger partial charge in [-0.2, -0.15) is 0 Å².